The molecule has 0 aromatic heterocycles. The molecule has 1 heterocycles. The standard InChI is InChI=1S/C13H14N2O3/c1-18-10-5-4-9(8-14)12(7-10)15-6-2-3-11(15)13(16)17/h4-5,7,11H,2-3,6H2,1H3,(H,16,17). The van der Waals surface area contributed by atoms with Gasteiger partial charge in [-0.15, -0.1) is 0 Å². The first-order valence-corrected chi connectivity index (χ1v) is 5.75. The first-order chi connectivity index (χ1) is 8.67. The molecule has 1 aliphatic rings. The van der Waals surface area contributed by atoms with E-state index in [0.29, 0.717) is 30.0 Å². The fourth-order valence-corrected chi connectivity index (χ4v) is 2.28. The maximum Gasteiger partial charge on any atom is 0.326 e. The van der Waals surface area contributed by atoms with Crippen molar-refractivity contribution in [1.82, 2.24) is 0 Å². The molecule has 1 atom stereocenters. The van der Waals surface area contributed by atoms with Crippen LogP contribution in [0, 0.1) is 11.3 Å². The summed E-state index contributed by atoms with van der Waals surface area (Å²) >= 11 is 0. The molecule has 0 bridgehead atoms. The Morgan fingerprint density at radius 2 is 2.39 bits per heavy atom. The summed E-state index contributed by atoms with van der Waals surface area (Å²) in [6.07, 6.45) is 1.43. The van der Waals surface area contributed by atoms with E-state index in [1.165, 1.54) is 0 Å². The number of carboxylic acids is 1. The lowest BCUT2D eigenvalue weighted by Gasteiger charge is -2.25. The number of benzene rings is 1. The zero-order valence-corrected chi connectivity index (χ0v) is 10.1. The van der Waals surface area contributed by atoms with Gasteiger partial charge in [0.2, 0.25) is 0 Å². The van der Waals surface area contributed by atoms with Gasteiger partial charge in [-0.3, -0.25) is 0 Å². The number of carbonyl (C=O) groups is 1. The lowest BCUT2D eigenvalue weighted by molar-refractivity contribution is -0.138. The first-order valence-electron chi connectivity index (χ1n) is 5.75. The molecule has 1 saturated heterocycles. The van der Waals surface area contributed by atoms with Crippen LogP contribution in [0.25, 0.3) is 0 Å². The number of hydrogen-bond acceptors (Lipinski definition) is 4. The van der Waals surface area contributed by atoms with E-state index in [9.17, 15) is 9.90 Å². The smallest absolute Gasteiger partial charge is 0.326 e. The lowest BCUT2D eigenvalue weighted by Crippen LogP contribution is -2.36. The predicted molar refractivity (Wildman–Crippen MR) is 65.7 cm³/mol. The number of ether oxygens (including phenoxy) is 1. The largest absolute Gasteiger partial charge is 0.497 e. The van der Waals surface area contributed by atoms with Gasteiger partial charge in [0.25, 0.3) is 0 Å². The second-order valence-corrected chi connectivity index (χ2v) is 4.18. The molecule has 0 saturated carbocycles. The maximum atomic E-state index is 11.2. The predicted octanol–water partition coefficient (Wildman–Crippen LogP) is 1.62. The minimum absolute atomic E-state index is 0.476. The van der Waals surface area contributed by atoms with Gasteiger partial charge in [0, 0.05) is 12.6 Å². The highest BCUT2D eigenvalue weighted by molar-refractivity contribution is 5.80. The van der Waals surface area contributed by atoms with Crippen LogP contribution in [0.5, 0.6) is 5.75 Å². The van der Waals surface area contributed by atoms with Crippen molar-refractivity contribution in [3.05, 3.63) is 23.8 Å². The Morgan fingerprint density at radius 3 is 3.00 bits per heavy atom. The SMILES string of the molecule is COc1ccc(C#N)c(N2CCCC2C(=O)O)c1. The van der Waals surface area contributed by atoms with Crippen LogP contribution < -0.4 is 9.64 Å². The van der Waals surface area contributed by atoms with Crippen LogP contribution in [0.1, 0.15) is 18.4 Å². The molecule has 1 fully saturated rings. The minimum atomic E-state index is -0.848. The number of rotatable bonds is 3. The van der Waals surface area contributed by atoms with E-state index in [1.807, 2.05) is 0 Å². The third kappa shape index (κ3) is 2.09. The van der Waals surface area contributed by atoms with Crippen molar-refractivity contribution >= 4 is 11.7 Å². The van der Waals surface area contributed by atoms with Gasteiger partial charge in [-0.25, -0.2) is 4.79 Å². The van der Waals surface area contributed by atoms with Crippen LogP contribution in [-0.2, 0) is 4.79 Å². The monoisotopic (exact) mass is 246 g/mol. The molecule has 0 radical (unpaired) electrons. The number of carboxylic acid groups (broad SMARTS) is 1. The van der Waals surface area contributed by atoms with Crippen LogP contribution in [0.2, 0.25) is 0 Å². The summed E-state index contributed by atoms with van der Waals surface area (Å²) < 4.78 is 5.13. The first kappa shape index (κ1) is 12.2. The molecule has 1 aromatic carbocycles. The highest BCUT2D eigenvalue weighted by atomic mass is 16.5. The van der Waals surface area contributed by atoms with Crippen molar-refractivity contribution in [3.63, 3.8) is 0 Å². The van der Waals surface area contributed by atoms with E-state index in [2.05, 4.69) is 6.07 Å². The third-order valence-corrected chi connectivity index (χ3v) is 3.17. The number of anilines is 1. The number of hydrogen-bond donors (Lipinski definition) is 1. The van der Waals surface area contributed by atoms with Crippen molar-refractivity contribution < 1.29 is 14.6 Å². The van der Waals surface area contributed by atoms with Crippen LogP contribution in [-0.4, -0.2) is 30.8 Å². The molecule has 5 nitrogen and oxygen atoms in total. The van der Waals surface area contributed by atoms with Crippen molar-refractivity contribution in [1.29, 1.82) is 5.26 Å². The Morgan fingerprint density at radius 1 is 1.61 bits per heavy atom. The molecule has 1 aromatic rings. The topological polar surface area (TPSA) is 73.6 Å². The molecule has 5 heteroatoms. The zero-order valence-electron chi connectivity index (χ0n) is 10.1. The van der Waals surface area contributed by atoms with Gasteiger partial charge in [0.15, 0.2) is 0 Å². The molecular formula is C13H14N2O3. The Kier molecular flexibility index (Phi) is 3.38. The van der Waals surface area contributed by atoms with E-state index < -0.39 is 12.0 Å². The van der Waals surface area contributed by atoms with Gasteiger partial charge in [-0.1, -0.05) is 0 Å². The fraction of sp³-hybridized carbons (Fsp3) is 0.385. The van der Waals surface area contributed by atoms with E-state index in [4.69, 9.17) is 10.00 Å². The molecule has 0 amide bonds. The second-order valence-electron chi connectivity index (χ2n) is 4.18. The molecule has 0 aliphatic carbocycles. The molecule has 94 valence electrons. The Labute approximate surface area is 105 Å². The normalized spacial score (nSPS) is 18.4. The minimum Gasteiger partial charge on any atom is -0.497 e. The average molecular weight is 246 g/mol. The highest BCUT2D eigenvalue weighted by Crippen LogP contribution is 2.31. The zero-order chi connectivity index (χ0) is 13.1. The molecule has 1 aliphatic heterocycles. The van der Waals surface area contributed by atoms with Crippen molar-refractivity contribution in [2.75, 3.05) is 18.6 Å². The van der Waals surface area contributed by atoms with E-state index in [-0.39, 0.29) is 0 Å². The average Bonchev–Trinajstić information content (AvgIpc) is 2.87. The van der Waals surface area contributed by atoms with Gasteiger partial charge in [0.05, 0.1) is 18.4 Å². The molecule has 1 N–H and O–H groups in total. The molecular weight excluding hydrogens is 232 g/mol. The van der Waals surface area contributed by atoms with Crippen molar-refractivity contribution in [2.45, 2.75) is 18.9 Å². The summed E-state index contributed by atoms with van der Waals surface area (Å²) in [4.78, 5) is 13.0. The van der Waals surface area contributed by atoms with Crippen LogP contribution >= 0.6 is 0 Å². The Balaban J connectivity index is 2.42. The summed E-state index contributed by atoms with van der Waals surface area (Å²) in [6.45, 7) is 0.652. The summed E-state index contributed by atoms with van der Waals surface area (Å²) in [5.74, 6) is -0.223. The van der Waals surface area contributed by atoms with Gasteiger partial charge < -0.3 is 14.7 Å². The molecule has 18 heavy (non-hydrogen) atoms. The van der Waals surface area contributed by atoms with Crippen molar-refractivity contribution in [2.24, 2.45) is 0 Å². The van der Waals surface area contributed by atoms with Crippen LogP contribution in [0.4, 0.5) is 5.69 Å². The number of nitrogens with zero attached hydrogens (tertiary/aromatic N) is 2. The third-order valence-electron chi connectivity index (χ3n) is 3.17. The summed E-state index contributed by atoms with van der Waals surface area (Å²) in [7, 11) is 1.55. The molecule has 2 rings (SSSR count). The van der Waals surface area contributed by atoms with E-state index >= 15 is 0 Å². The number of methoxy groups -OCH3 is 1. The van der Waals surface area contributed by atoms with Crippen LogP contribution in [0.3, 0.4) is 0 Å². The second kappa shape index (κ2) is 4.96. The van der Waals surface area contributed by atoms with Gasteiger partial charge in [0.1, 0.15) is 17.9 Å². The lowest BCUT2D eigenvalue weighted by atomic mass is 10.1. The van der Waals surface area contributed by atoms with Crippen LogP contribution in [0.15, 0.2) is 18.2 Å². The van der Waals surface area contributed by atoms with Gasteiger partial charge in [-0.2, -0.15) is 5.26 Å². The summed E-state index contributed by atoms with van der Waals surface area (Å²) in [5.41, 5.74) is 1.12. The maximum absolute atomic E-state index is 11.2. The quantitative estimate of drug-likeness (QED) is 0.877. The van der Waals surface area contributed by atoms with E-state index in [1.54, 1.807) is 30.2 Å². The number of aliphatic carboxylic acids is 1. The fourth-order valence-electron chi connectivity index (χ4n) is 2.28. The van der Waals surface area contributed by atoms with Gasteiger partial charge in [-0.05, 0) is 25.0 Å². The Hall–Kier alpha value is -2.22. The van der Waals surface area contributed by atoms with Gasteiger partial charge >= 0.3 is 5.97 Å². The summed E-state index contributed by atoms with van der Waals surface area (Å²) in [5, 5.41) is 18.3. The Bertz CT molecular complexity index is 507. The highest BCUT2D eigenvalue weighted by Gasteiger charge is 2.32. The summed E-state index contributed by atoms with van der Waals surface area (Å²) in [6, 6.07) is 6.62. The molecule has 0 spiro atoms. The number of nitriles is 1. The van der Waals surface area contributed by atoms with Crippen molar-refractivity contribution in [3.8, 4) is 11.8 Å². The van der Waals surface area contributed by atoms with E-state index in [0.717, 1.165) is 6.42 Å². The molecule has 1 unspecified atom stereocenters.